The number of ether oxygens (including phenoxy) is 1. The van der Waals surface area contributed by atoms with E-state index in [2.05, 4.69) is 28.1 Å². The fraction of sp³-hybridized carbons (Fsp3) is 0.250. The van der Waals surface area contributed by atoms with Crippen molar-refractivity contribution in [2.45, 2.75) is 26.3 Å². The maximum Gasteiger partial charge on any atom is 0.130 e. The van der Waals surface area contributed by atoms with Gasteiger partial charge in [-0.25, -0.2) is 0 Å². The highest BCUT2D eigenvalue weighted by atomic mass is 79.9. The third-order valence-corrected chi connectivity index (χ3v) is 3.34. The Morgan fingerprint density at radius 1 is 1.16 bits per heavy atom. The van der Waals surface area contributed by atoms with E-state index >= 15 is 0 Å². The van der Waals surface area contributed by atoms with Gasteiger partial charge in [0.05, 0.1) is 0 Å². The first-order valence-electron chi connectivity index (χ1n) is 6.33. The van der Waals surface area contributed by atoms with Crippen molar-refractivity contribution < 1.29 is 4.74 Å². The molecule has 100 valence electrons. The van der Waals surface area contributed by atoms with E-state index < -0.39 is 0 Å². The Kier molecular flexibility index (Phi) is 4.61. The minimum absolute atomic E-state index is 0.181. The zero-order valence-corrected chi connectivity index (χ0v) is 12.8. The summed E-state index contributed by atoms with van der Waals surface area (Å²) in [5.41, 5.74) is 8.12. The standard InChI is InChI=1S/C16H18BrNO/c1-11-9-14(17)5-8-16(11)19-15-6-3-13(4-7-15)10-12(2)18/h3-9,12H,10,18H2,1-2H3. The molecule has 0 saturated heterocycles. The lowest BCUT2D eigenvalue weighted by Crippen LogP contribution is -2.17. The molecule has 0 saturated carbocycles. The number of hydrogen-bond acceptors (Lipinski definition) is 2. The molecule has 2 aromatic rings. The molecule has 0 radical (unpaired) electrons. The average molecular weight is 320 g/mol. The zero-order valence-electron chi connectivity index (χ0n) is 11.2. The summed E-state index contributed by atoms with van der Waals surface area (Å²) in [4.78, 5) is 0. The fourth-order valence-electron chi connectivity index (χ4n) is 1.92. The Morgan fingerprint density at radius 3 is 2.42 bits per heavy atom. The topological polar surface area (TPSA) is 35.2 Å². The van der Waals surface area contributed by atoms with E-state index in [0.717, 1.165) is 28.0 Å². The van der Waals surface area contributed by atoms with Crippen LogP contribution in [-0.2, 0) is 6.42 Å². The quantitative estimate of drug-likeness (QED) is 0.904. The lowest BCUT2D eigenvalue weighted by atomic mass is 10.1. The predicted octanol–water partition coefficient (Wildman–Crippen LogP) is 4.44. The molecule has 0 spiro atoms. The van der Waals surface area contributed by atoms with E-state index in [-0.39, 0.29) is 6.04 Å². The Labute approximate surface area is 122 Å². The highest BCUT2D eigenvalue weighted by molar-refractivity contribution is 9.10. The van der Waals surface area contributed by atoms with Crippen LogP contribution in [0.5, 0.6) is 11.5 Å². The van der Waals surface area contributed by atoms with Crippen molar-refractivity contribution in [1.82, 2.24) is 0 Å². The first kappa shape index (κ1) is 14.1. The Hall–Kier alpha value is -1.32. The van der Waals surface area contributed by atoms with Gasteiger partial charge in [0.15, 0.2) is 0 Å². The van der Waals surface area contributed by atoms with Crippen molar-refractivity contribution in [1.29, 1.82) is 0 Å². The van der Waals surface area contributed by atoms with Crippen LogP contribution in [0.3, 0.4) is 0 Å². The Balaban J connectivity index is 2.10. The zero-order chi connectivity index (χ0) is 13.8. The molecule has 0 aliphatic heterocycles. The second-order valence-electron chi connectivity index (χ2n) is 4.84. The largest absolute Gasteiger partial charge is 0.457 e. The van der Waals surface area contributed by atoms with E-state index in [1.165, 1.54) is 5.56 Å². The maximum absolute atomic E-state index is 5.87. The summed E-state index contributed by atoms with van der Waals surface area (Å²) in [6, 6.07) is 14.3. The monoisotopic (exact) mass is 319 g/mol. The van der Waals surface area contributed by atoms with Crippen LogP contribution in [0, 0.1) is 6.92 Å². The lowest BCUT2D eigenvalue weighted by molar-refractivity contribution is 0.478. The van der Waals surface area contributed by atoms with Gasteiger partial charge in [0.25, 0.3) is 0 Å². The number of rotatable bonds is 4. The molecule has 3 heteroatoms. The van der Waals surface area contributed by atoms with Gasteiger partial charge in [-0.3, -0.25) is 0 Å². The van der Waals surface area contributed by atoms with Gasteiger partial charge in [0.1, 0.15) is 11.5 Å². The van der Waals surface area contributed by atoms with Gasteiger partial charge >= 0.3 is 0 Å². The number of nitrogens with two attached hydrogens (primary N) is 1. The van der Waals surface area contributed by atoms with Crippen LogP contribution in [0.1, 0.15) is 18.1 Å². The molecule has 0 heterocycles. The number of aryl methyl sites for hydroxylation is 1. The van der Waals surface area contributed by atoms with Gasteiger partial charge in [0, 0.05) is 10.5 Å². The highest BCUT2D eigenvalue weighted by Crippen LogP contribution is 2.27. The molecule has 2 nitrogen and oxygen atoms in total. The van der Waals surface area contributed by atoms with E-state index in [1.54, 1.807) is 0 Å². The molecule has 2 aromatic carbocycles. The molecule has 1 atom stereocenters. The second kappa shape index (κ2) is 6.22. The van der Waals surface area contributed by atoms with Gasteiger partial charge in [-0.15, -0.1) is 0 Å². The van der Waals surface area contributed by atoms with Gasteiger partial charge in [0.2, 0.25) is 0 Å². The summed E-state index contributed by atoms with van der Waals surface area (Å²) in [7, 11) is 0. The summed E-state index contributed by atoms with van der Waals surface area (Å²) in [5, 5.41) is 0. The van der Waals surface area contributed by atoms with Crippen molar-refractivity contribution >= 4 is 15.9 Å². The van der Waals surface area contributed by atoms with E-state index in [0.29, 0.717) is 0 Å². The third-order valence-electron chi connectivity index (χ3n) is 2.85. The van der Waals surface area contributed by atoms with Gasteiger partial charge in [-0.2, -0.15) is 0 Å². The third kappa shape index (κ3) is 4.08. The molecular formula is C16H18BrNO. The highest BCUT2D eigenvalue weighted by Gasteiger charge is 2.03. The van der Waals surface area contributed by atoms with Gasteiger partial charge in [-0.05, 0) is 61.7 Å². The molecular weight excluding hydrogens is 302 g/mol. The molecule has 1 unspecified atom stereocenters. The van der Waals surface area contributed by atoms with Crippen LogP contribution in [-0.4, -0.2) is 6.04 Å². The first-order valence-corrected chi connectivity index (χ1v) is 7.12. The van der Waals surface area contributed by atoms with Crippen LogP contribution in [0.2, 0.25) is 0 Å². The Morgan fingerprint density at radius 2 is 1.84 bits per heavy atom. The molecule has 19 heavy (non-hydrogen) atoms. The average Bonchev–Trinajstić information content (AvgIpc) is 2.34. The molecule has 0 aliphatic carbocycles. The van der Waals surface area contributed by atoms with Gasteiger partial charge < -0.3 is 10.5 Å². The van der Waals surface area contributed by atoms with E-state index in [9.17, 15) is 0 Å². The van der Waals surface area contributed by atoms with Crippen molar-refractivity contribution in [2.24, 2.45) is 5.73 Å². The van der Waals surface area contributed by atoms with Crippen LogP contribution in [0.4, 0.5) is 0 Å². The normalized spacial score (nSPS) is 12.2. The van der Waals surface area contributed by atoms with Crippen molar-refractivity contribution in [3.63, 3.8) is 0 Å². The number of hydrogen-bond donors (Lipinski definition) is 1. The van der Waals surface area contributed by atoms with Crippen molar-refractivity contribution in [3.05, 3.63) is 58.1 Å². The maximum atomic E-state index is 5.87. The summed E-state index contributed by atoms with van der Waals surface area (Å²) in [6.45, 7) is 4.04. The minimum atomic E-state index is 0.181. The molecule has 0 amide bonds. The molecule has 0 aromatic heterocycles. The molecule has 0 bridgehead atoms. The minimum Gasteiger partial charge on any atom is -0.457 e. The van der Waals surface area contributed by atoms with Crippen LogP contribution in [0.15, 0.2) is 46.9 Å². The Bertz CT molecular complexity index is 549. The summed E-state index contributed by atoms with van der Waals surface area (Å²) >= 11 is 3.45. The van der Waals surface area contributed by atoms with Crippen molar-refractivity contribution in [2.75, 3.05) is 0 Å². The lowest BCUT2D eigenvalue weighted by Gasteiger charge is -2.10. The number of halogens is 1. The van der Waals surface area contributed by atoms with Crippen LogP contribution >= 0.6 is 15.9 Å². The summed E-state index contributed by atoms with van der Waals surface area (Å²) in [6.07, 6.45) is 0.886. The molecule has 0 aliphatic rings. The SMILES string of the molecule is Cc1cc(Br)ccc1Oc1ccc(CC(C)N)cc1. The fourth-order valence-corrected chi connectivity index (χ4v) is 2.40. The molecule has 2 rings (SSSR count). The van der Waals surface area contributed by atoms with E-state index in [4.69, 9.17) is 10.5 Å². The smallest absolute Gasteiger partial charge is 0.130 e. The van der Waals surface area contributed by atoms with Gasteiger partial charge in [-0.1, -0.05) is 28.1 Å². The molecule has 2 N–H and O–H groups in total. The van der Waals surface area contributed by atoms with Crippen LogP contribution in [0.25, 0.3) is 0 Å². The van der Waals surface area contributed by atoms with Crippen molar-refractivity contribution in [3.8, 4) is 11.5 Å². The predicted molar refractivity (Wildman–Crippen MR) is 82.7 cm³/mol. The molecule has 0 fully saturated rings. The first-order chi connectivity index (χ1) is 9.04. The van der Waals surface area contributed by atoms with E-state index in [1.807, 2.05) is 44.2 Å². The number of benzene rings is 2. The summed E-state index contributed by atoms with van der Waals surface area (Å²) < 4.78 is 6.93. The summed E-state index contributed by atoms with van der Waals surface area (Å²) in [5.74, 6) is 1.72. The second-order valence-corrected chi connectivity index (χ2v) is 5.75. The van der Waals surface area contributed by atoms with Crippen LogP contribution < -0.4 is 10.5 Å².